The molecule has 1 aromatic carbocycles. The number of anilines is 3. The first-order valence-electron chi connectivity index (χ1n) is 10.8. The van der Waals surface area contributed by atoms with Gasteiger partial charge >= 0.3 is 0 Å². The van der Waals surface area contributed by atoms with Crippen molar-refractivity contribution < 1.29 is 0 Å². The van der Waals surface area contributed by atoms with Gasteiger partial charge in [-0.3, -0.25) is 9.78 Å². The average molecular weight is 420 g/mol. The maximum Gasteiger partial charge on any atom is 0.252 e. The van der Waals surface area contributed by atoms with Crippen LogP contribution in [0.15, 0.2) is 41.3 Å². The summed E-state index contributed by atoms with van der Waals surface area (Å²) in [5.74, 6) is 1.13. The molecule has 0 amide bonds. The normalized spacial score (nSPS) is 14.6. The number of aromatic amines is 1. The van der Waals surface area contributed by atoms with Gasteiger partial charge in [0.15, 0.2) is 0 Å². The van der Waals surface area contributed by atoms with Crippen molar-refractivity contribution in [3.63, 3.8) is 0 Å². The first kappa shape index (κ1) is 21.0. The summed E-state index contributed by atoms with van der Waals surface area (Å²) >= 11 is 0. The smallest absolute Gasteiger partial charge is 0.252 e. The molecule has 0 spiro atoms. The molecule has 4 rings (SSSR count). The lowest BCUT2D eigenvalue weighted by atomic mass is 10.1. The summed E-state index contributed by atoms with van der Waals surface area (Å²) in [6.07, 6.45) is 2.75. The van der Waals surface area contributed by atoms with Crippen LogP contribution in [0.2, 0.25) is 0 Å². The number of H-pyrrole nitrogens is 1. The summed E-state index contributed by atoms with van der Waals surface area (Å²) in [6, 6.07) is 9.55. The van der Waals surface area contributed by atoms with Crippen LogP contribution < -0.4 is 15.8 Å². The fraction of sp³-hybridized carbons (Fsp3) is 0.391. The number of aromatic nitrogens is 4. The topological polar surface area (TPSA) is 90.0 Å². The van der Waals surface area contributed by atoms with Gasteiger partial charge in [0.1, 0.15) is 0 Å². The standard InChI is InChI=1S/C23H29N7O/c1-4-17-6-8-18(9-7-17)26-22-27-20(14-21(31)28-22)19-15-24-23(25-16(19)3)30-12-10-29(5-2)11-13-30/h6-9,14-15H,4-5,10-13H2,1-3H3,(H2,26,27,28,31). The van der Waals surface area contributed by atoms with E-state index in [1.165, 1.54) is 11.6 Å². The predicted octanol–water partition coefficient (Wildman–Crippen LogP) is 2.98. The van der Waals surface area contributed by atoms with E-state index in [0.29, 0.717) is 11.6 Å². The van der Waals surface area contributed by atoms with Gasteiger partial charge in [0.2, 0.25) is 11.9 Å². The minimum Gasteiger partial charge on any atom is -0.338 e. The highest BCUT2D eigenvalue weighted by Crippen LogP contribution is 2.22. The molecule has 2 aromatic heterocycles. The van der Waals surface area contributed by atoms with Crippen molar-refractivity contribution in [2.24, 2.45) is 0 Å². The Balaban J connectivity index is 1.55. The van der Waals surface area contributed by atoms with Crippen LogP contribution in [0.3, 0.4) is 0 Å². The Morgan fingerprint density at radius 2 is 1.81 bits per heavy atom. The van der Waals surface area contributed by atoms with E-state index in [1.807, 2.05) is 19.1 Å². The van der Waals surface area contributed by atoms with Gasteiger partial charge in [-0.25, -0.2) is 15.0 Å². The lowest BCUT2D eigenvalue weighted by Crippen LogP contribution is -2.46. The molecular weight excluding hydrogens is 390 g/mol. The number of hydrogen-bond donors (Lipinski definition) is 2. The van der Waals surface area contributed by atoms with Crippen molar-refractivity contribution >= 4 is 17.6 Å². The molecular formula is C23H29N7O. The second-order valence-corrected chi connectivity index (χ2v) is 7.75. The van der Waals surface area contributed by atoms with Crippen LogP contribution in [-0.4, -0.2) is 57.6 Å². The molecule has 0 aliphatic carbocycles. The number of likely N-dealkylation sites (N-methyl/N-ethyl adjacent to an activating group) is 1. The molecule has 162 valence electrons. The third-order valence-corrected chi connectivity index (χ3v) is 5.71. The van der Waals surface area contributed by atoms with Crippen LogP contribution in [0.5, 0.6) is 0 Å². The number of nitrogens with zero attached hydrogens (tertiary/aromatic N) is 5. The third-order valence-electron chi connectivity index (χ3n) is 5.71. The fourth-order valence-corrected chi connectivity index (χ4v) is 3.74. The van der Waals surface area contributed by atoms with Crippen LogP contribution in [0.1, 0.15) is 25.1 Å². The molecule has 0 bridgehead atoms. The first-order chi connectivity index (χ1) is 15.1. The summed E-state index contributed by atoms with van der Waals surface area (Å²) in [5.41, 5.74) is 4.01. The average Bonchev–Trinajstić information content (AvgIpc) is 2.79. The molecule has 0 saturated carbocycles. The van der Waals surface area contributed by atoms with Crippen molar-refractivity contribution in [2.75, 3.05) is 42.9 Å². The minimum atomic E-state index is -0.225. The molecule has 2 N–H and O–H groups in total. The van der Waals surface area contributed by atoms with Crippen molar-refractivity contribution in [3.05, 3.63) is 58.1 Å². The zero-order chi connectivity index (χ0) is 21.8. The van der Waals surface area contributed by atoms with E-state index in [0.717, 1.165) is 62.0 Å². The van der Waals surface area contributed by atoms with Crippen molar-refractivity contribution in [3.8, 4) is 11.3 Å². The number of aryl methyl sites for hydroxylation is 2. The maximum atomic E-state index is 12.3. The Morgan fingerprint density at radius 3 is 2.45 bits per heavy atom. The van der Waals surface area contributed by atoms with E-state index in [-0.39, 0.29) is 5.56 Å². The van der Waals surface area contributed by atoms with E-state index in [2.05, 4.69) is 56.0 Å². The molecule has 0 atom stereocenters. The number of hydrogen-bond acceptors (Lipinski definition) is 7. The first-order valence-corrected chi connectivity index (χ1v) is 10.8. The molecule has 0 unspecified atom stereocenters. The monoisotopic (exact) mass is 419 g/mol. The van der Waals surface area contributed by atoms with E-state index < -0.39 is 0 Å². The fourth-order valence-electron chi connectivity index (χ4n) is 3.74. The molecule has 1 saturated heterocycles. The highest BCUT2D eigenvalue weighted by Gasteiger charge is 2.19. The predicted molar refractivity (Wildman–Crippen MR) is 124 cm³/mol. The lowest BCUT2D eigenvalue weighted by molar-refractivity contribution is 0.270. The summed E-state index contributed by atoms with van der Waals surface area (Å²) in [5, 5.41) is 3.18. The molecule has 0 radical (unpaired) electrons. The highest BCUT2D eigenvalue weighted by molar-refractivity contribution is 5.64. The van der Waals surface area contributed by atoms with Gasteiger partial charge in [-0.05, 0) is 37.6 Å². The molecule has 3 heterocycles. The highest BCUT2D eigenvalue weighted by atomic mass is 16.1. The lowest BCUT2D eigenvalue weighted by Gasteiger charge is -2.34. The summed E-state index contributed by atoms with van der Waals surface area (Å²) in [4.78, 5) is 33.5. The largest absolute Gasteiger partial charge is 0.338 e. The Morgan fingerprint density at radius 1 is 1.06 bits per heavy atom. The van der Waals surface area contributed by atoms with E-state index >= 15 is 0 Å². The number of benzene rings is 1. The van der Waals surface area contributed by atoms with Gasteiger partial charge in [0, 0.05) is 49.7 Å². The second kappa shape index (κ2) is 9.26. The van der Waals surface area contributed by atoms with E-state index in [1.54, 1.807) is 6.20 Å². The van der Waals surface area contributed by atoms with Gasteiger partial charge in [0.05, 0.1) is 11.4 Å². The third kappa shape index (κ3) is 4.91. The Hall–Kier alpha value is -3.26. The van der Waals surface area contributed by atoms with Crippen LogP contribution in [0, 0.1) is 6.92 Å². The second-order valence-electron chi connectivity index (χ2n) is 7.75. The van der Waals surface area contributed by atoms with E-state index in [9.17, 15) is 4.79 Å². The molecule has 1 aliphatic rings. The van der Waals surface area contributed by atoms with Crippen molar-refractivity contribution in [1.82, 2.24) is 24.8 Å². The Bertz CT molecular complexity index is 1090. The van der Waals surface area contributed by atoms with Gasteiger partial charge in [-0.15, -0.1) is 0 Å². The number of nitrogens with one attached hydrogen (secondary N) is 2. The van der Waals surface area contributed by atoms with E-state index in [4.69, 9.17) is 4.98 Å². The Kier molecular flexibility index (Phi) is 6.27. The zero-order valence-corrected chi connectivity index (χ0v) is 18.4. The molecule has 1 fully saturated rings. The van der Waals surface area contributed by atoms with Crippen molar-refractivity contribution in [1.29, 1.82) is 0 Å². The number of piperazine rings is 1. The van der Waals surface area contributed by atoms with Gasteiger partial charge in [0.25, 0.3) is 5.56 Å². The molecule has 3 aromatic rings. The van der Waals surface area contributed by atoms with Gasteiger partial charge < -0.3 is 15.1 Å². The van der Waals surface area contributed by atoms with Crippen LogP contribution in [0.4, 0.5) is 17.6 Å². The van der Waals surface area contributed by atoms with Crippen molar-refractivity contribution in [2.45, 2.75) is 27.2 Å². The molecule has 8 heteroatoms. The Labute approximate surface area is 182 Å². The quantitative estimate of drug-likeness (QED) is 0.635. The number of rotatable bonds is 6. The van der Waals surface area contributed by atoms with Crippen LogP contribution in [-0.2, 0) is 6.42 Å². The molecule has 8 nitrogen and oxygen atoms in total. The van der Waals surface area contributed by atoms with Crippen LogP contribution >= 0.6 is 0 Å². The minimum absolute atomic E-state index is 0.225. The SMILES string of the molecule is CCc1ccc(Nc2nc(-c3cnc(N4CCN(CC)CC4)nc3C)cc(=O)[nH]2)cc1. The summed E-state index contributed by atoms with van der Waals surface area (Å²) < 4.78 is 0. The van der Waals surface area contributed by atoms with Gasteiger partial charge in [-0.2, -0.15) is 0 Å². The molecule has 1 aliphatic heterocycles. The van der Waals surface area contributed by atoms with Gasteiger partial charge in [-0.1, -0.05) is 26.0 Å². The molecule has 31 heavy (non-hydrogen) atoms. The van der Waals surface area contributed by atoms with Crippen LogP contribution in [0.25, 0.3) is 11.3 Å². The maximum absolute atomic E-state index is 12.3. The zero-order valence-electron chi connectivity index (χ0n) is 18.4. The summed E-state index contributed by atoms with van der Waals surface area (Å²) in [6.45, 7) is 11.2. The summed E-state index contributed by atoms with van der Waals surface area (Å²) in [7, 11) is 0.